The van der Waals surface area contributed by atoms with Gasteiger partial charge in [0, 0.05) is 31.5 Å². The molecule has 2 aromatic carbocycles. The zero-order chi connectivity index (χ0) is 17.1. The number of rotatable bonds is 4. The summed E-state index contributed by atoms with van der Waals surface area (Å²) >= 11 is 0. The lowest BCUT2D eigenvalue weighted by Crippen LogP contribution is -2.39. The number of benzene rings is 2. The fourth-order valence-electron chi connectivity index (χ4n) is 3.36. The molecule has 2 aromatic rings. The molecular formula is C20H19F2NO. The summed E-state index contributed by atoms with van der Waals surface area (Å²) in [4.78, 5) is 14.5. The second-order valence-corrected chi connectivity index (χ2v) is 6.07. The van der Waals surface area contributed by atoms with Gasteiger partial charge >= 0.3 is 0 Å². The van der Waals surface area contributed by atoms with Gasteiger partial charge in [0.25, 0.3) is 0 Å². The van der Waals surface area contributed by atoms with Gasteiger partial charge in [0.2, 0.25) is 0 Å². The van der Waals surface area contributed by atoms with E-state index < -0.39 is 0 Å². The summed E-state index contributed by atoms with van der Waals surface area (Å²) in [5.74, 6) is -0.448. The maximum absolute atomic E-state index is 13.2. The zero-order valence-electron chi connectivity index (χ0n) is 13.3. The maximum atomic E-state index is 13.2. The number of hydrogen-bond donors (Lipinski definition) is 0. The number of nitrogens with zero attached hydrogens (tertiary/aromatic N) is 1. The summed E-state index contributed by atoms with van der Waals surface area (Å²) in [5.41, 5.74) is 1.80. The first-order chi connectivity index (χ1) is 11.6. The smallest absolute Gasteiger partial charge is 0.136 e. The van der Waals surface area contributed by atoms with Crippen molar-refractivity contribution < 1.29 is 13.6 Å². The molecule has 1 aliphatic rings. The first-order valence-electron chi connectivity index (χ1n) is 7.97. The monoisotopic (exact) mass is 327 g/mol. The molecule has 0 amide bonds. The van der Waals surface area contributed by atoms with E-state index in [1.807, 2.05) is 0 Å². The van der Waals surface area contributed by atoms with E-state index in [4.69, 9.17) is 0 Å². The Morgan fingerprint density at radius 1 is 0.917 bits per heavy atom. The third-order valence-electron chi connectivity index (χ3n) is 4.49. The Hall–Kier alpha value is -2.33. The Morgan fingerprint density at radius 2 is 1.33 bits per heavy atom. The van der Waals surface area contributed by atoms with E-state index in [-0.39, 0.29) is 29.5 Å². The van der Waals surface area contributed by atoms with E-state index in [1.165, 1.54) is 24.3 Å². The summed E-state index contributed by atoms with van der Waals surface area (Å²) in [6.45, 7) is 4.41. The summed E-state index contributed by atoms with van der Waals surface area (Å²) in [7, 11) is 0. The van der Waals surface area contributed by atoms with Gasteiger partial charge in [-0.05, 0) is 35.4 Å². The van der Waals surface area contributed by atoms with Crippen molar-refractivity contribution in [3.63, 3.8) is 0 Å². The summed E-state index contributed by atoms with van der Waals surface area (Å²) < 4.78 is 26.4. The minimum Gasteiger partial charge on any atom is -0.300 e. The summed E-state index contributed by atoms with van der Waals surface area (Å²) in [6.07, 6.45) is 2.57. The van der Waals surface area contributed by atoms with Crippen LogP contribution >= 0.6 is 0 Å². The molecule has 0 unspecified atom stereocenters. The SMILES string of the molecule is C=CCN1[C@@H](c2ccc(F)cc2)CC(=O)C[C@H]1c1ccc(F)cc1. The summed E-state index contributed by atoms with van der Waals surface area (Å²) in [5, 5.41) is 0. The molecule has 124 valence electrons. The molecule has 1 heterocycles. The van der Waals surface area contributed by atoms with E-state index in [9.17, 15) is 13.6 Å². The van der Waals surface area contributed by atoms with E-state index >= 15 is 0 Å². The molecule has 0 bridgehead atoms. The van der Waals surface area contributed by atoms with Crippen molar-refractivity contribution in [3.05, 3.63) is 83.9 Å². The predicted molar refractivity (Wildman–Crippen MR) is 89.4 cm³/mol. The number of halogens is 2. The lowest BCUT2D eigenvalue weighted by molar-refractivity contribution is -0.125. The van der Waals surface area contributed by atoms with Crippen LogP contribution in [0.5, 0.6) is 0 Å². The van der Waals surface area contributed by atoms with Gasteiger partial charge in [0.15, 0.2) is 0 Å². The fourth-order valence-corrected chi connectivity index (χ4v) is 3.36. The molecule has 1 aliphatic heterocycles. The number of carbonyl (C=O) groups excluding carboxylic acids is 1. The Bertz CT molecular complexity index is 667. The van der Waals surface area contributed by atoms with Crippen LogP contribution in [0.15, 0.2) is 61.2 Å². The van der Waals surface area contributed by atoms with Crippen LogP contribution in [-0.2, 0) is 4.79 Å². The molecule has 3 rings (SSSR count). The van der Waals surface area contributed by atoms with Gasteiger partial charge in [0.05, 0.1) is 0 Å². The number of piperidine rings is 1. The quantitative estimate of drug-likeness (QED) is 0.765. The number of ketones is 1. The first-order valence-corrected chi connectivity index (χ1v) is 7.97. The molecule has 0 N–H and O–H groups in total. The van der Waals surface area contributed by atoms with Crippen molar-refractivity contribution in [3.8, 4) is 0 Å². The average Bonchev–Trinajstić information content (AvgIpc) is 2.58. The van der Waals surface area contributed by atoms with Crippen LogP contribution in [0.4, 0.5) is 8.78 Å². The minimum atomic E-state index is -0.300. The average molecular weight is 327 g/mol. The van der Waals surface area contributed by atoms with E-state index in [0.29, 0.717) is 19.4 Å². The molecule has 0 aliphatic carbocycles. The Morgan fingerprint density at radius 3 is 1.71 bits per heavy atom. The Labute approximate surface area is 140 Å². The number of hydrogen-bond acceptors (Lipinski definition) is 2. The Kier molecular flexibility index (Phi) is 4.86. The molecular weight excluding hydrogens is 308 g/mol. The molecule has 4 heteroatoms. The third kappa shape index (κ3) is 3.44. The molecule has 0 radical (unpaired) electrons. The maximum Gasteiger partial charge on any atom is 0.136 e. The van der Waals surface area contributed by atoms with Gasteiger partial charge in [0.1, 0.15) is 17.4 Å². The second-order valence-electron chi connectivity index (χ2n) is 6.07. The van der Waals surface area contributed by atoms with Crippen LogP contribution in [0.3, 0.4) is 0 Å². The highest BCUT2D eigenvalue weighted by atomic mass is 19.1. The number of likely N-dealkylation sites (tertiary alicyclic amines) is 1. The molecule has 1 fully saturated rings. The van der Waals surface area contributed by atoms with Gasteiger partial charge in [-0.2, -0.15) is 0 Å². The van der Waals surface area contributed by atoms with Crippen LogP contribution in [0.1, 0.15) is 36.1 Å². The molecule has 0 spiro atoms. The van der Waals surface area contributed by atoms with Crippen LogP contribution in [0.2, 0.25) is 0 Å². The van der Waals surface area contributed by atoms with Crippen LogP contribution in [0, 0.1) is 11.6 Å². The van der Waals surface area contributed by atoms with Crippen molar-refractivity contribution in [2.45, 2.75) is 24.9 Å². The van der Waals surface area contributed by atoms with E-state index in [2.05, 4.69) is 11.5 Å². The lowest BCUT2D eigenvalue weighted by Gasteiger charge is -2.41. The van der Waals surface area contributed by atoms with Gasteiger partial charge in [-0.1, -0.05) is 30.3 Å². The second kappa shape index (κ2) is 7.05. The van der Waals surface area contributed by atoms with Crippen LogP contribution in [0.25, 0.3) is 0 Å². The van der Waals surface area contributed by atoms with E-state index in [0.717, 1.165) is 11.1 Å². The highest BCUT2D eigenvalue weighted by Crippen LogP contribution is 2.40. The first kappa shape index (κ1) is 16.5. The van der Waals surface area contributed by atoms with Gasteiger partial charge in [-0.25, -0.2) is 8.78 Å². The normalized spacial score (nSPS) is 21.7. The zero-order valence-corrected chi connectivity index (χ0v) is 13.3. The largest absolute Gasteiger partial charge is 0.300 e. The lowest BCUT2D eigenvalue weighted by atomic mass is 9.86. The van der Waals surface area contributed by atoms with Crippen LogP contribution in [-0.4, -0.2) is 17.2 Å². The molecule has 0 aromatic heterocycles. The molecule has 0 saturated carbocycles. The number of Topliss-reactive ketones (excluding diaryl/α,β-unsaturated/α-hetero) is 1. The highest BCUT2D eigenvalue weighted by molar-refractivity contribution is 5.81. The van der Waals surface area contributed by atoms with Gasteiger partial charge < -0.3 is 0 Å². The molecule has 2 nitrogen and oxygen atoms in total. The topological polar surface area (TPSA) is 20.3 Å². The van der Waals surface area contributed by atoms with Crippen molar-refractivity contribution in [1.82, 2.24) is 4.90 Å². The van der Waals surface area contributed by atoms with Crippen LogP contribution < -0.4 is 0 Å². The number of carbonyl (C=O) groups is 1. The minimum absolute atomic E-state index is 0.139. The third-order valence-corrected chi connectivity index (χ3v) is 4.49. The van der Waals surface area contributed by atoms with Crippen molar-refractivity contribution in [2.75, 3.05) is 6.54 Å². The van der Waals surface area contributed by atoms with Crippen molar-refractivity contribution in [1.29, 1.82) is 0 Å². The molecule has 24 heavy (non-hydrogen) atoms. The fraction of sp³-hybridized carbons (Fsp3) is 0.250. The molecule has 1 saturated heterocycles. The van der Waals surface area contributed by atoms with Gasteiger partial charge in [-0.15, -0.1) is 6.58 Å². The Balaban J connectivity index is 1.98. The predicted octanol–water partition coefficient (Wildman–Crippen LogP) is 4.60. The standard InChI is InChI=1S/C20H19F2NO/c1-2-11-23-19(14-3-7-16(21)8-4-14)12-18(24)13-20(23)15-5-9-17(22)10-6-15/h2-10,19-20H,1,11-13H2/t19-,20+. The van der Waals surface area contributed by atoms with Crippen molar-refractivity contribution >= 4 is 5.78 Å². The molecule has 2 atom stereocenters. The van der Waals surface area contributed by atoms with Gasteiger partial charge in [-0.3, -0.25) is 9.69 Å². The van der Waals surface area contributed by atoms with E-state index in [1.54, 1.807) is 30.3 Å². The van der Waals surface area contributed by atoms with Crippen molar-refractivity contribution in [2.24, 2.45) is 0 Å². The summed E-state index contributed by atoms with van der Waals surface area (Å²) in [6, 6.07) is 12.2. The highest BCUT2D eigenvalue weighted by Gasteiger charge is 2.35.